The average molecular weight is 269 g/mol. The largest absolute Gasteiger partial charge is 0.326 e. The summed E-state index contributed by atoms with van der Waals surface area (Å²) in [5.41, 5.74) is 9.55. The highest BCUT2D eigenvalue weighted by molar-refractivity contribution is 6.35. The summed E-state index contributed by atoms with van der Waals surface area (Å²) in [7, 11) is 0. The van der Waals surface area contributed by atoms with Crippen molar-refractivity contribution in [1.29, 1.82) is 0 Å². The van der Waals surface area contributed by atoms with Crippen molar-refractivity contribution in [3.63, 3.8) is 0 Å². The highest BCUT2D eigenvalue weighted by atomic mass is 35.5. The summed E-state index contributed by atoms with van der Waals surface area (Å²) in [6.45, 7) is 0.548. The highest BCUT2D eigenvalue weighted by Gasteiger charge is 2.05. The van der Waals surface area contributed by atoms with Crippen molar-refractivity contribution in [3.05, 3.63) is 65.2 Å². The summed E-state index contributed by atoms with van der Waals surface area (Å²) in [6.07, 6.45) is 0. The van der Waals surface area contributed by atoms with Crippen molar-refractivity contribution in [2.75, 3.05) is 0 Å². The molecule has 94 valence electrons. The number of aromatic nitrogens is 1. The second-order valence-electron chi connectivity index (χ2n) is 4.41. The Hall–Kier alpha value is -1.90. The smallest absolute Gasteiger partial charge is 0.0724 e. The number of halogens is 1. The highest BCUT2D eigenvalue weighted by Crippen LogP contribution is 2.27. The van der Waals surface area contributed by atoms with Gasteiger partial charge in [0.15, 0.2) is 0 Å². The van der Waals surface area contributed by atoms with Crippen LogP contribution in [0.5, 0.6) is 0 Å². The van der Waals surface area contributed by atoms with E-state index in [1.165, 1.54) is 0 Å². The number of benzene rings is 2. The van der Waals surface area contributed by atoms with Gasteiger partial charge < -0.3 is 5.73 Å². The minimum atomic E-state index is 0.548. The zero-order chi connectivity index (χ0) is 13.2. The maximum absolute atomic E-state index is 6.31. The van der Waals surface area contributed by atoms with Crippen LogP contribution in [0.2, 0.25) is 5.02 Å². The van der Waals surface area contributed by atoms with E-state index in [9.17, 15) is 0 Å². The summed E-state index contributed by atoms with van der Waals surface area (Å²) in [5, 5.41) is 1.70. The zero-order valence-corrected chi connectivity index (χ0v) is 11.1. The molecule has 0 radical (unpaired) electrons. The zero-order valence-electron chi connectivity index (χ0n) is 10.3. The van der Waals surface area contributed by atoms with Gasteiger partial charge in [-0.1, -0.05) is 54.1 Å². The number of nitrogens with zero attached hydrogens (tertiary/aromatic N) is 1. The number of rotatable bonds is 2. The first-order chi connectivity index (χ1) is 9.28. The van der Waals surface area contributed by atoms with Crippen LogP contribution in [0.15, 0.2) is 54.6 Å². The molecule has 3 heteroatoms. The van der Waals surface area contributed by atoms with Crippen LogP contribution < -0.4 is 5.73 Å². The third-order valence-corrected chi connectivity index (χ3v) is 3.46. The standard InChI is InChI=1S/C16H13ClN2/c17-14-9-16(12-7-5-11(10-18)6-8-12)19-15-4-2-1-3-13(14)15/h1-9H,10,18H2. The van der Waals surface area contributed by atoms with Crippen LogP contribution in [0.1, 0.15) is 5.56 Å². The molecule has 0 saturated carbocycles. The number of nitrogens with two attached hydrogens (primary N) is 1. The van der Waals surface area contributed by atoms with Gasteiger partial charge in [-0.25, -0.2) is 4.98 Å². The third-order valence-electron chi connectivity index (χ3n) is 3.15. The minimum Gasteiger partial charge on any atom is -0.326 e. The molecule has 0 fully saturated rings. The molecular formula is C16H13ClN2. The molecule has 0 spiro atoms. The molecule has 0 aliphatic rings. The first-order valence-electron chi connectivity index (χ1n) is 6.12. The SMILES string of the molecule is NCc1ccc(-c2cc(Cl)c3ccccc3n2)cc1. The number of hydrogen-bond donors (Lipinski definition) is 1. The van der Waals surface area contributed by atoms with Gasteiger partial charge in [0.1, 0.15) is 0 Å². The molecule has 3 rings (SSSR count). The molecule has 0 atom stereocenters. The Kier molecular flexibility index (Phi) is 3.20. The van der Waals surface area contributed by atoms with Gasteiger partial charge in [-0.3, -0.25) is 0 Å². The topological polar surface area (TPSA) is 38.9 Å². The van der Waals surface area contributed by atoms with Gasteiger partial charge in [-0.15, -0.1) is 0 Å². The average Bonchev–Trinajstić information content (AvgIpc) is 2.47. The number of para-hydroxylation sites is 1. The monoisotopic (exact) mass is 268 g/mol. The fourth-order valence-corrected chi connectivity index (χ4v) is 2.36. The molecule has 0 bridgehead atoms. The van der Waals surface area contributed by atoms with E-state index in [1.54, 1.807) is 0 Å². The maximum Gasteiger partial charge on any atom is 0.0724 e. The van der Waals surface area contributed by atoms with E-state index in [2.05, 4.69) is 4.98 Å². The molecule has 0 aliphatic heterocycles. The molecule has 19 heavy (non-hydrogen) atoms. The predicted octanol–water partition coefficient (Wildman–Crippen LogP) is 4.01. The number of hydrogen-bond acceptors (Lipinski definition) is 2. The molecule has 0 amide bonds. The van der Waals surface area contributed by atoms with Crippen LogP contribution in [-0.4, -0.2) is 4.98 Å². The van der Waals surface area contributed by atoms with Gasteiger partial charge in [0.25, 0.3) is 0 Å². The lowest BCUT2D eigenvalue weighted by Gasteiger charge is -2.06. The van der Waals surface area contributed by atoms with Crippen molar-refractivity contribution in [2.24, 2.45) is 5.73 Å². The van der Waals surface area contributed by atoms with Crippen molar-refractivity contribution in [3.8, 4) is 11.3 Å². The fraction of sp³-hybridized carbons (Fsp3) is 0.0625. The van der Waals surface area contributed by atoms with Crippen molar-refractivity contribution in [2.45, 2.75) is 6.54 Å². The van der Waals surface area contributed by atoms with Crippen LogP contribution in [0.4, 0.5) is 0 Å². The summed E-state index contributed by atoms with van der Waals surface area (Å²) >= 11 is 6.31. The van der Waals surface area contributed by atoms with Crippen molar-refractivity contribution < 1.29 is 0 Å². The molecule has 1 heterocycles. The summed E-state index contributed by atoms with van der Waals surface area (Å²) in [6, 6.07) is 17.9. The van der Waals surface area contributed by atoms with Crippen LogP contribution in [0.25, 0.3) is 22.2 Å². The molecule has 0 unspecified atom stereocenters. The van der Waals surface area contributed by atoms with E-state index in [1.807, 2.05) is 54.6 Å². The van der Waals surface area contributed by atoms with E-state index in [0.29, 0.717) is 6.54 Å². The Labute approximate surface area is 116 Å². The Morgan fingerprint density at radius 1 is 1.00 bits per heavy atom. The molecule has 2 aromatic carbocycles. The van der Waals surface area contributed by atoms with E-state index in [0.717, 1.165) is 32.7 Å². The second-order valence-corrected chi connectivity index (χ2v) is 4.81. The fourth-order valence-electron chi connectivity index (χ4n) is 2.09. The normalized spacial score (nSPS) is 10.8. The Balaban J connectivity index is 2.14. The molecule has 3 aromatic rings. The first-order valence-corrected chi connectivity index (χ1v) is 6.50. The molecule has 0 saturated heterocycles. The van der Waals surface area contributed by atoms with E-state index in [4.69, 9.17) is 17.3 Å². The summed E-state index contributed by atoms with van der Waals surface area (Å²) in [4.78, 5) is 4.65. The van der Waals surface area contributed by atoms with E-state index >= 15 is 0 Å². The third kappa shape index (κ3) is 2.33. The Morgan fingerprint density at radius 2 is 1.74 bits per heavy atom. The van der Waals surface area contributed by atoms with Crippen molar-refractivity contribution >= 4 is 22.5 Å². The molecule has 0 aliphatic carbocycles. The lowest BCUT2D eigenvalue weighted by atomic mass is 10.1. The molecule has 1 aromatic heterocycles. The van der Waals surface area contributed by atoms with Crippen LogP contribution in [-0.2, 0) is 6.54 Å². The quantitative estimate of drug-likeness (QED) is 0.763. The Morgan fingerprint density at radius 3 is 2.47 bits per heavy atom. The number of pyridine rings is 1. The van der Waals surface area contributed by atoms with Gasteiger partial charge in [-0.05, 0) is 17.7 Å². The molecular weight excluding hydrogens is 256 g/mol. The second kappa shape index (κ2) is 5.00. The van der Waals surface area contributed by atoms with E-state index in [-0.39, 0.29) is 0 Å². The first kappa shape index (κ1) is 12.2. The maximum atomic E-state index is 6.31. The lowest BCUT2D eigenvalue weighted by Crippen LogP contribution is -1.95. The molecule has 2 nitrogen and oxygen atoms in total. The Bertz CT molecular complexity index is 720. The van der Waals surface area contributed by atoms with Crippen LogP contribution in [0.3, 0.4) is 0 Å². The van der Waals surface area contributed by atoms with Gasteiger partial charge in [0.05, 0.1) is 16.2 Å². The number of fused-ring (bicyclic) bond motifs is 1. The summed E-state index contributed by atoms with van der Waals surface area (Å²) in [5.74, 6) is 0. The lowest BCUT2D eigenvalue weighted by molar-refractivity contribution is 1.07. The minimum absolute atomic E-state index is 0.548. The van der Waals surface area contributed by atoms with Crippen molar-refractivity contribution in [1.82, 2.24) is 4.98 Å². The van der Waals surface area contributed by atoms with Gasteiger partial charge in [-0.2, -0.15) is 0 Å². The summed E-state index contributed by atoms with van der Waals surface area (Å²) < 4.78 is 0. The van der Waals surface area contributed by atoms with Gasteiger partial charge in [0, 0.05) is 17.5 Å². The van der Waals surface area contributed by atoms with Gasteiger partial charge in [0.2, 0.25) is 0 Å². The van der Waals surface area contributed by atoms with Crippen LogP contribution in [0, 0.1) is 0 Å². The van der Waals surface area contributed by atoms with Gasteiger partial charge >= 0.3 is 0 Å². The molecule has 2 N–H and O–H groups in total. The van der Waals surface area contributed by atoms with E-state index < -0.39 is 0 Å². The van der Waals surface area contributed by atoms with Crippen LogP contribution >= 0.6 is 11.6 Å². The predicted molar refractivity (Wildman–Crippen MR) is 80.1 cm³/mol.